The molecule has 19 heavy (non-hydrogen) atoms. The van der Waals surface area contributed by atoms with Crippen LogP contribution in [0.5, 0.6) is 5.75 Å². The first kappa shape index (κ1) is 13.8. The molecule has 0 fully saturated rings. The summed E-state index contributed by atoms with van der Waals surface area (Å²) in [4.78, 5) is 0. The number of ether oxygens (including phenoxy) is 1. The van der Waals surface area contributed by atoms with Crippen LogP contribution in [0, 0.1) is 13.8 Å². The highest BCUT2D eigenvalue weighted by Crippen LogP contribution is 2.20. The lowest BCUT2D eigenvalue weighted by molar-refractivity contribution is 0.332. The Morgan fingerprint density at radius 1 is 1.11 bits per heavy atom. The van der Waals surface area contributed by atoms with Crippen LogP contribution in [0.4, 0.5) is 5.69 Å². The summed E-state index contributed by atoms with van der Waals surface area (Å²) in [5.41, 5.74) is 3.44. The highest BCUT2D eigenvalue weighted by molar-refractivity contribution is 6.30. The fourth-order valence-electron chi connectivity index (χ4n) is 1.84. The molecular formula is C16H18ClNO. The number of hydrogen-bond donors (Lipinski definition) is 1. The highest BCUT2D eigenvalue weighted by Gasteiger charge is 1.99. The van der Waals surface area contributed by atoms with Crippen molar-refractivity contribution >= 4 is 17.3 Å². The summed E-state index contributed by atoms with van der Waals surface area (Å²) >= 11 is 5.97. The van der Waals surface area contributed by atoms with Gasteiger partial charge in [0.15, 0.2) is 0 Å². The maximum atomic E-state index is 5.97. The molecule has 2 nitrogen and oxygen atoms in total. The van der Waals surface area contributed by atoms with Crippen molar-refractivity contribution in [3.8, 4) is 5.75 Å². The second kappa shape index (κ2) is 6.48. The van der Waals surface area contributed by atoms with Gasteiger partial charge in [0.05, 0.1) is 0 Å². The molecular weight excluding hydrogens is 258 g/mol. The molecule has 3 heteroatoms. The van der Waals surface area contributed by atoms with E-state index in [2.05, 4.69) is 25.2 Å². The van der Waals surface area contributed by atoms with Gasteiger partial charge in [0.25, 0.3) is 0 Å². The molecule has 2 rings (SSSR count). The summed E-state index contributed by atoms with van der Waals surface area (Å²) in [7, 11) is 0. The summed E-state index contributed by atoms with van der Waals surface area (Å²) in [5, 5.41) is 4.07. The van der Waals surface area contributed by atoms with Gasteiger partial charge in [-0.05, 0) is 49.2 Å². The molecule has 0 aliphatic rings. The van der Waals surface area contributed by atoms with E-state index in [-0.39, 0.29) is 0 Å². The number of hydrogen-bond acceptors (Lipinski definition) is 2. The average Bonchev–Trinajstić information content (AvgIpc) is 2.39. The Kier molecular flexibility index (Phi) is 4.69. The van der Waals surface area contributed by atoms with E-state index in [1.165, 1.54) is 11.1 Å². The molecule has 1 N–H and O–H groups in total. The third-order valence-corrected chi connectivity index (χ3v) is 3.11. The van der Waals surface area contributed by atoms with E-state index in [1.807, 2.05) is 36.4 Å². The van der Waals surface area contributed by atoms with Gasteiger partial charge >= 0.3 is 0 Å². The Balaban J connectivity index is 1.82. The zero-order chi connectivity index (χ0) is 13.7. The minimum Gasteiger partial charge on any atom is -0.492 e. The van der Waals surface area contributed by atoms with E-state index < -0.39 is 0 Å². The molecule has 0 spiro atoms. The van der Waals surface area contributed by atoms with Crippen LogP contribution in [0.25, 0.3) is 0 Å². The first-order valence-corrected chi connectivity index (χ1v) is 6.72. The van der Waals surface area contributed by atoms with Crippen molar-refractivity contribution in [1.29, 1.82) is 0 Å². The Hall–Kier alpha value is -1.67. The second-order valence-corrected chi connectivity index (χ2v) is 4.99. The maximum absolute atomic E-state index is 5.97. The third kappa shape index (κ3) is 4.18. The summed E-state index contributed by atoms with van der Waals surface area (Å²) in [6.07, 6.45) is 0. The second-order valence-electron chi connectivity index (χ2n) is 4.55. The molecule has 0 saturated heterocycles. The Bertz CT molecular complexity index is 554. The smallest absolute Gasteiger partial charge is 0.119 e. The van der Waals surface area contributed by atoms with E-state index in [4.69, 9.17) is 16.3 Å². The summed E-state index contributed by atoms with van der Waals surface area (Å²) < 4.78 is 5.68. The van der Waals surface area contributed by atoms with Crippen molar-refractivity contribution in [2.24, 2.45) is 0 Å². The van der Waals surface area contributed by atoms with Gasteiger partial charge in [0.2, 0.25) is 0 Å². The van der Waals surface area contributed by atoms with E-state index in [1.54, 1.807) is 0 Å². The molecule has 0 saturated carbocycles. The summed E-state index contributed by atoms with van der Waals surface area (Å²) in [6.45, 7) is 5.48. The normalized spacial score (nSPS) is 10.3. The molecule has 2 aromatic rings. The third-order valence-electron chi connectivity index (χ3n) is 2.88. The molecule has 0 aliphatic heterocycles. The average molecular weight is 276 g/mol. The molecule has 0 heterocycles. The van der Waals surface area contributed by atoms with E-state index >= 15 is 0 Å². The number of aryl methyl sites for hydroxylation is 2. The van der Waals surface area contributed by atoms with Gasteiger partial charge < -0.3 is 10.1 Å². The first-order valence-electron chi connectivity index (χ1n) is 6.34. The topological polar surface area (TPSA) is 21.3 Å². The van der Waals surface area contributed by atoms with Crippen molar-refractivity contribution < 1.29 is 4.74 Å². The van der Waals surface area contributed by atoms with Crippen molar-refractivity contribution in [2.45, 2.75) is 13.8 Å². The zero-order valence-electron chi connectivity index (χ0n) is 11.2. The minimum atomic E-state index is 0.620. The molecule has 0 radical (unpaired) electrons. The lowest BCUT2D eigenvalue weighted by Gasteiger charge is -2.11. The fraction of sp³-hybridized carbons (Fsp3) is 0.250. The fourth-order valence-corrected chi connectivity index (χ4v) is 2.02. The Labute approximate surface area is 119 Å². The van der Waals surface area contributed by atoms with E-state index in [0.29, 0.717) is 6.61 Å². The standard InChI is InChI=1S/C16H18ClNO/c1-12-4-3-5-15(10-12)19-9-8-18-16-11-14(17)7-6-13(16)2/h3-7,10-11,18H,8-9H2,1-2H3. The molecule has 0 aliphatic carbocycles. The largest absolute Gasteiger partial charge is 0.492 e. The summed E-state index contributed by atoms with van der Waals surface area (Å²) in [5.74, 6) is 0.907. The maximum Gasteiger partial charge on any atom is 0.119 e. The molecule has 2 aromatic carbocycles. The van der Waals surface area contributed by atoms with Gasteiger partial charge in [-0.3, -0.25) is 0 Å². The quantitative estimate of drug-likeness (QED) is 0.814. The Morgan fingerprint density at radius 2 is 1.95 bits per heavy atom. The number of halogens is 1. The predicted molar refractivity (Wildman–Crippen MR) is 81.4 cm³/mol. The zero-order valence-corrected chi connectivity index (χ0v) is 12.0. The van der Waals surface area contributed by atoms with Gasteiger partial charge in [-0.15, -0.1) is 0 Å². The molecule has 0 aromatic heterocycles. The van der Waals surface area contributed by atoms with Crippen LogP contribution in [-0.4, -0.2) is 13.2 Å². The van der Waals surface area contributed by atoms with Crippen LogP contribution in [0.3, 0.4) is 0 Å². The minimum absolute atomic E-state index is 0.620. The summed E-state index contributed by atoms with van der Waals surface area (Å²) in [6, 6.07) is 13.9. The number of benzene rings is 2. The predicted octanol–water partition coefficient (Wildman–Crippen LogP) is 4.45. The lowest BCUT2D eigenvalue weighted by Crippen LogP contribution is -2.12. The number of nitrogens with one attached hydrogen (secondary N) is 1. The van der Waals surface area contributed by atoms with Crippen molar-refractivity contribution in [3.63, 3.8) is 0 Å². The van der Waals surface area contributed by atoms with Crippen molar-refractivity contribution in [1.82, 2.24) is 0 Å². The molecule has 100 valence electrons. The Morgan fingerprint density at radius 3 is 2.74 bits per heavy atom. The van der Waals surface area contributed by atoms with E-state index in [0.717, 1.165) is 23.0 Å². The van der Waals surface area contributed by atoms with Crippen molar-refractivity contribution in [3.05, 3.63) is 58.6 Å². The first-order chi connectivity index (χ1) is 9.15. The SMILES string of the molecule is Cc1cccc(OCCNc2cc(Cl)ccc2C)c1. The van der Waals surface area contributed by atoms with Gasteiger partial charge in [-0.25, -0.2) is 0 Å². The van der Waals surface area contributed by atoms with Gasteiger partial charge in [-0.1, -0.05) is 29.8 Å². The van der Waals surface area contributed by atoms with Gasteiger partial charge in [0, 0.05) is 17.3 Å². The number of anilines is 1. The molecule has 0 atom stereocenters. The lowest BCUT2D eigenvalue weighted by atomic mass is 10.2. The van der Waals surface area contributed by atoms with Crippen LogP contribution >= 0.6 is 11.6 Å². The van der Waals surface area contributed by atoms with Crippen LogP contribution in [0.1, 0.15) is 11.1 Å². The van der Waals surface area contributed by atoms with Crippen LogP contribution in [0.15, 0.2) is 42.5 Å². The number of rotatable bonds is 5. The van der Waals surface area contributed by atoms with Crippen LogP contribution < -0.4 is 10.1 Å². The molecule has 0 amide bonds. The van der Waals surface area contributed by atoms with Crippen LogP contribution in [0.2, 0.25) is 5.02 Å². The molecule has 0 bridgehead atoms. The van der Waals surface area contributed by atoms with Gasteiger partial charge in [0.1, 0.15) is 12.4 Å². The van der Waals surface area contributed by atoms with Crippen LogP contribution in [-0.2, 0) is 0 Å². The van der Waals surface area contributed by atoms with Gasteiger partial charge in [-0.2, -0.15) is 0 Å². The molecule has 0 unspecified atom stereocenters. The monoisotopic (exact) mass is 275 g/mol. The highest BCUT2D eigenvalue weighted by atomic mass is 35.5. The van der Waals surface area contributed by atoms with E-state index in [9.17, 15) is 0 Å². The van der Waals surface area contributed by atoms with Crippen molar-refractivity contribution in [2.75, 3.05) is 18.5 Å².